The number of para-hydroxylation sites is 1. The number of aromatic amines is 1. The van der Waals surface area contributed by atoms with Gasteiger partial charge in [-0.2, -0.15) is 0 Å². The van der Waals surface area contributed by atoms with Crippen molar-refractivity contribution >= 4 is 28.6 Å². The van der Waals surface area contributed by atoms with Gasteiger partial charge in [-0.25, -0.2) is 0 Å². The molecule has 132 valence electrons. The van der Waals surface area contributed by atoms with Crippen molar-refractivity contribution in [3.8, 4) is 0 Å². The van der Waals surface area contributed by atoms with E-state index in [1.165, 1.54) is 11.0 Å². The Balaban J connectivity index is 1.64. The van der Waals surface area contributed by atoms with Gasteiger partial charge < -0.3 is 9.88 Å². The number of nitrogens with one attached hydrogen (secondary N) is 1. The third kappa shape index (κ3) is 3.40. The molecule has 3 aromatic rings. The number of aromatic nitrogens is 1. The van der Waals surface area contributed by atoms with E-state index >= 15 is 0 Å². The fourth-order valence-corrected chi connectivity index (χ4v) is 3.56. The van der Waals surface area contributed by atoms with Crippen LogP contribution in [0.25, 0.3) is 10.9 Å². The SMILES string of the molecule is CSc1ccc(CN(C(=O)c2cc(=O)c3ccccc3[nH]2)C2CC2)cc1. The van der Waals surface area contributed by atoms with Crippen LogP contribution in [0.3, 0.4) is 0 Å². The number of benzene rings is 2. The molecule has 0 spiro atoms. The molecule has 0 radical (unpaired) electrons. The Morgan fingerprint density at radius 1 is 1.15 bits per heavy atom. The number of hydrogen-bond donors (Lipinski definition) is 1. The van der Waals surface area contributed by atoms with Crippen LogP contribution in [-0.4, -0.2) is 28.1 Å². The number of amides is 1. The van der Waals surface area contributed by atoms with Gasteiger partial charge in [0, 0.05) is 34.5 Å². The van der Waals surface area contributed by atoms with Crippen molar-refractivity contribution in [3.05, 3.63) is 76.1 Å². The van der Waals surface area contributed by atoms with Crippen LogP contribution in [0.1, 0.15) is 28.9 Å². The lowest BCUT2D eigenvalue weighted by atomic mass is 10.1. The van der Waals surface area contributed by atoms with Gasteiger partial charge in [0.15, 0.2) is 5.43 Å². The number of carbonyl (C=O) groups excluding carboxylic acids is 1. The Hall–Kier alpha value is -2.53. The Bertz CT molecular complexity index is 1010. The monoisotopic (exact) mass is 364 g/mol. The van der Waals surface area contributed by atoms with Crippen LogP contribution in [-0.2, 0) is 6.54 Å². The average Bonchev–Trinajstić information content (AvgIpc) is 3.51. The van der Waals surface area contributed by atoms with Crippen molar-refractivity contribution in [2.24, 2.45) is 0 Å². The van der Waals surface area contributed by atoms with Gasteiger partial charge >= 0.3 is 0 Å². The van der Waals surface area contributed by atoms with Crippen LogP contribution < -0.4 is 5.43 Å². The summed E-state index contributed by atoms with van der Waals surface area (Å²) in [6, 6.07) is 17.3. The number of nitrogens with zero attached hydrogens (tertiary/aromatic N) is 1. The highest BCUT2D eigenvalue weighted by Gasteiger charge is 2.33. The molecule has 1 N–H and O–H groups in total. The molecule has 2 aromatic carbocycles. The molecular formula is C21H20N2O2S. The van der Waals surface area contributed by atoms with E-state index in [0.717, 1.165) is 18.4 Å². The van der Waals surface area contributed by atoms with Gasteiger partial charge in [-0.15, -0.1) is 11.8 Å². The zero-order chi connectivity index (χ0) is 18.1. The molecule has 4 nitrogen and oxygen atoms in total. The van der Waals surface area contributed by atoms with E-state index in [4.69, 9.17) is 0 Å². The summed E-state index contributed by atoms with van der Waals surface area (Å²) in [6.45, 7) is 0.563. The molecule has 0 bridgehead atoms. The summed E-state index contributed by atoms with van der Waals surface area (Å²) < 4.78 is 0. The summed E-state index contributed by atoms with van der Waals surface area (Å²) in [6.07, 6.45) is 4.09. The van der Waals surface area contributed by atoms with E-state index in [9.17, 15) is 9.59 Å². The van der Waals surface area contributed by atoms with Gasteiger partial charge in [-0.3, -0.25) is 9.59 Å². The first kappa shape index (κ1) is 16.9. The standard InChI is InChI=1S/C21H20N2O2S/c1-26-16-10-6-14(7-11-16)13-23(15-8-9-15)21(25)19-12-20(24)17-4-2-3-5-18(17)22-19/h2-7,10-12,15H,8-9,13H2,1H3,(H,22,24). The maximum Gasteiger partial charge on any atom is 0.270 e. The Labute approximate surface area is 156 Å². The molecule has 4 rings (SSSR count). The molecule has 1 heterocycles. The Kier molecular flexibility index (Phi) is 4.55. The van der Waals surface area contributed by atoms with Crippen LogP contribution in [0.5, 0.6) is 0 Å². The highest BCUT2D eigenvalue weighted by atomic mass is 32.2. The molecule has 0 aliphatic heterocycles. The summed E-state index contributed by atoms with van der Waals surface area (Å²) >= 11 is 1.70. The fourth-order valence-electron chi connectivity index (χ4n) is 3.15. The van der Waals surface area contributed by atoms with E-state index in [1.54, 1.807) is 17.8 Å². The fraction of sp³-hybridized carbons (Fsp3) is 0.238. The van der Waals surface area contributed by atoms with Crippen molar-refractivity contribution in [2.45, 2.75) is 30.3 Å². The van der Waals surface area contributed by atoms with E-state index in [1.807, 2.05) is 29.4 Å². The lowest BCUT2D eigenvalue weighted by Crippen LogP contribution is -2.33. The predicted octanol–water partition coefficient (Wildman–Crippen LogP) is 4.05. The second-order valence-electron chi connectivity index (χ2n) is 6.61. The number of fused-ring (bicyclic) bond motifs is 1. The lowest BCUT2D eigenvalue weighted by molar-refractivity contribution is 0.0724. The maximum absolute atomic E-state index is 13.1. The van der Waals surface area contributed by atoms with Gasteiger partial charge in [0.1, 0.15) is 5.69 Å². The van der Waals surface area contributed by atoms with Crippen LogP contribution in [0.15, 0.2) is 64.3 Å². The first-order valence-electron chi connectivity index (χ1n) is 8.71. The third-order valence-corrected chi connectivity index (χ3v) is 5.47. The minimum atomic E-state index is -0.122. The topological polar surface area (TPSA) is 53.2 Å². The highest BCUT2D eigenvalue weighted by Crippen LogP contribution is 2.30. The number of H-pyrrole nitrogens is 1. The van der Waals surface area contributed by atoms with Gasteiger partial charge in [-0.1, -0.05) is 24.3 Å². The van der Waals surface area contributed by atoms with Gasteiger partial charge in [0.2, 0.25) is 0 Å². The van der Waals surface area contributed by atoms with Crippen molar-refractivity contribution in [1.82, 2.24) is 9.88 Å². The first-order valence-corrected chi connectivity index (χ1v) is 9.94. The van der Waals surface area contributed by atoms with Crippen molar-refractivity contribution in [1.29, 1.82) is 0 Å². The summed E-state index contributed by atoms with van der Waals surface area (Å²) in [7, 11) is 0. The molecule has 1 saturated carbocycles. The largest absolute Gasteiger partial charge is 0.350 e. The minimum Gasteiger partial charge on any atom is -0.350 e. The Morgan fingerprint density at radius 3 is 2.58 bits per heavy atom. The number of rotatable bonds is 5. The molecule has 1 aromatic heterocycles. The quantitative estimate of drug-likeness (QED) is 0.695. The van der Waals surface area contributed by atoms with Gasteiger partial charge in [0.25, 0.3) is 5.91 Å². The first-order chi connectivity index (χ1) is 12.7. The molecule has 1 aliphatic carbocycles. The van der Waals surface area contributed by atoms with E-state index in [2.05, 4.69) is 29.2 Å². The summed E-state index contributed by atoms with van der Waals surface area (Å²) in [5.41, 5.74) is 2.04. The van der Waals surface area contributed by atoms with Crippen LogP contribution >= 0.6 is 11.8 Å². The number of carbonyl (C=O) groups is 1. The normalized spacial score (nSPS) is 13.7. The number of thioether (sulfide) groups is 1. The van der Waals surface area contributed by atoms with Crippen LogP contribution in [0, 0.1) is 0 Å². The summed E-state index contributed by atoms with van der Waals surface area (Å²) in [5, 5.41) is 0.606. The number of hydrogen-bond acceptors (Lipinski definition) is 3. The third-order valence-electron chi connectivity index (χ3n) is 4.73. The molecular weight excluding hydrogens is 344 g/mol. The average molecular weight is 364 g/mol. The van der Waals surface area contributed by atoms with E-state index in [0.29, 0.717) is 23.1 Å². The predicted molar refractivity (Wildman–Crippen MR) is 106 cm³/mol. The minimum absolute atomic E-state index is 0.107. The second kappa shape index (κ2) is 7.00. The molecule has 5 heteroatoms. The van der Waals surface area contributed by atoms with Crippen molar-refractivity contribution < 1.29 is 4.79 Å². The zero-order valence-corrected chi connectivity index (χ0v) is 15.4. The highest BCUT2D eigenvalue weighted by molar-refractivity contribution is 7.98. The summed E-state index contributed by atoms with van der Waals surface area (Å²) in [5.74, 6) is -0.107. The molecule has 0 unspecified atom stereocenters. The summed E-state index contributed by atoms with van der Waals surface area (Å²) in [4.78, 5) is 31.7. The Morgan fingerprint density at radius 2 is 1.88 bits per heavy atom. The smallest absolute Gasteiger partial charge is 0.270 e. The molecule has 0 saturated heterocycles. The zero-order valence-electron chi connectivity index (χ0n) is 14.6. The molecule has 1 aliphatic rings. The molecule has 26 heavy (non-hydrogen) atoms. The van der Waals surface area contributed by atoms with Gasteiger partial charge in [0.05, 0.1) is 0 Å². The van der Waals surface area contributed by atoms with Gasteiger partial charge in [-0.05, 0) is 48.9 Å². The van der Waals surface area contributed by atoms with Crippen LogP contribution in [0.2, 0.25) is 0 Å². The van der Waals surface area contributed by atoms with Crippen LogP contribution in [0.4, 0.5) is 0 Å². The van der Waals surface area contributed by atoms with Crippen molar-refractivity contribution in [3.63, 3.8) is 0 Å². The van der Waals surface area contributed by atoms with E-state index < -0.39 is 0 Å². The molecule has 0 atom stereocenters. The second-order valence-corrected chi connectivity index (χ2v) is 7.48. The molecule has 1 fully saturated rings. The number of pyridine rings is 1. The van der Waals surface area contributed by atoms with Crippen molar-refractivity contribution in [2.75, 3.05) is 6.26 Å². The lowest BCUT2D eigenvalue weighted by Gasteiger charge is -2.23. The maximum atomic E-state index is 13.1. The molecule has 1 amide bonds. The van der Waals surface area contributed by atoms with E-state index in [-0.39, 0.29) is 17.4 Å².